The second kappa shape index (κ2) is 14.9. The number of nitrogens with one attached hydrogen (secondary N) is 4. The van der Waals surface area contributed by atoms with Crippen LogP contribution in [0.25, 0.3) is 0 Å². The van der Waals surface area contributed by atoms with E-state index in [1.165, 1.54) is 0 Å². The van der Waals surface area contributed by atoms with Crippen molar-refractivity contribution in [1.29, 1.82) is 0 Å². The first-order chi connectivity index (χ1) is 15.2. The summed E-state index contributed by atoms with van der Waals surface area (Å²) in [7, 11) is 0. The molecule has 0 aromatic heterocycles. The largest absolute Gasteiger partial charge is 0.460 e. The molecule has 0 aromatic rings. The Labute approximate surface area is 189 Å². The highest BCUT2D eigenvalue weighted by Gasteiger charge is 2.22. The van der Waals surface area contributed by atoms with Crippen LogP contribution in [0.3, 0.4) is 0 Å². The molecule has 0 radical (unpaired) electrons. The predicted molar refractivity (Wildman–Crippen MR) is 120 cm³/mol. The number of carbonyl (C=O) groups excluding carboxylic acids is 4. The van der Waals surface area contributed by atoms with Gasteiger partial charge in [0.15, 0.2) is 0 Å². The van der Waals surface area contributed by atoms with E-state index >= 15 is 0 Å². The van der Waals surface area contributed by atoms with E-state index in [0.29, 0.717) is 36.1 Å². The van der Waals surface area contributed by atoms with Gasteiger partial charge in [-0.1, -0.05) is 19.6 Å². The number of esters is 2. The van der Waals surface area contributed by atoms with Gasteiger partial charge in [0.1, 0.15) is 13.2 Å². The number of amides is 4. The van der Waals surface area contributed by atoms with E-state index in [1.807, 2.05) is 0 Å². The number of ether oxygens (including phenoxy) is 2. The molecule has 32 heavy (non-hydrogen) atoms. The number of hydrogen-bond acceptors (Lipinski definition) is 6. The lowest BCUT2D eigenvalue weighted by Crippen LogP contribution is -2.42. The molecule has 0 bridgehead atoms. The first-order valence-electron chi connectivity index (χ1n) is 10.9. The number of hydrogen-bond donors (Lipinski definition) is 4. The molecule has 4 N–H and O–H groups in total. The molecule has 4 amide bonds. The summed E-state index contributed by atoms with van der Waals surface area (Å²) in [5.41, 5.74) is 0.634. The Morgan fingerprint density at radius 3 is 1.53 bits per heavy atom. The minimum absolute atomic E-state index is 0.0919. The minimum Gasteiger partial charge on any atom is -0.460 e. The number of rotatable bonds is 12. The minimum atomic E-state index is -0.478. The van der Waals surface area contributed by atoms with Crippen LogP contribution in [0.15, 0.2) is 24.3 Å². The van der Waals surface area contributed by atoms with Gasteiger partial charge in [-0.25, -0.2) is 19.2 Å². The highest BCUT2D eigenvalue weighted by Crippen LogP contribution is 2.28. The lowest BCUT2D eigenvalue weighted by Gasteiger charge is -2.29. The summed E-state index contributed by atoms with van der Waals surface area (Å²) in [4.78, 5) is 46.3. The molecule has 0 spiro atoms. The van der Waals surface area contributed by atoms with Crippen LogP contribution in [-0.4, -0.2) is 63.4 Å². The third-order valence-electron chi connectivity index (χ3n) is 4.93. The summed E-state index contributed by atoms with van der Waals surface area (Å²) in [5.74, 6) is -0.276. The van der Waals surface area contributed by atoms with Gasteiger partial charge in [0.05, 0.1) is 13.1 Å². The Hall–Kier alpha value is -3.04. The van der Waals surface area contributed by atoms with E-state index in [1.54, 1.807) is 13.8 Å². The van der Waals surface area contributed by atoms with Crippen LogP contribution in [0.2, 0.25) is 0 Å². The summed E-state index contributed by atoms with van der Waals surface area (Å²) in [6.45, 7) is 11.8. The van der Waals surface area contributed by atoms with Crippen LogP contribution >= 0.6 is 0 Å². The standard InChI is InChI=1S/C22H36N4O6/c1-15(2)19(27)31-10-8-23-21(29)25-13-17-6-5-7-18(12-17)14-26-22(30)24-9-11-32-20(28)16(3)4/h17-18H,1,3,5-14H2,2,4H3,(H2,23,25,29)(H2,24,26,30). The normalized spacial score (nSPS) is 17.4. The SMILES string of the molecule is C=C(C)C(=O)OCCNC(=O)NCC1CCCC(CNC(=O)NCCOC(=O)C(=C)C)C1. The van der Waals surface area contributed by atoms with Gasteiger partial charge < -0.3 is 30.7 Å². The zero-order valence-electron chi connectivity index (χ0n) is 19.1. The van der Waals surface area contributed by atoms with Gasteiger partial charge in [-0.15, -0.1) is 0 Å². The second-order valence-electron chi connectivity index (χ2n) is 8.00. The Morgan fingerprint density at radius 1 is 0.750 bits per heavy atom. The van der Waals surface area contributed by atoms with Crippen LogP contribution in [0.5, 0.6) is 0 Å². The van der Waals surface area contributed by atoms with Crippen molar-refractivity contribution in [1.82, 2.24) is 21.3 Å². The Morgan fingerprint density at radius 2 is 1.16 bits per heavy atom. The first-order valence-corrected chi connectivity index (χ1v) is 10.9. The smallest absolute Gasteiger partial charge is 0.333 e. The van der Waals surface area contributed by atoms with Crippen molar-refractivity contribution in [3.8, 4) is 0 Å². The van der Waals surface area contributed by atoms with Crippen molar-refractivity contribution >= 4 is 24.0 Å². The summed E-state index contributed by atoms with van der Waals surface area (Å²) in [6.07, 6.45) is 3.99. The van der Waals surface area contributed by atoms with Crippen molar-refractivity contribution in [2.24, 2.45) is 11.8 Å². The average Bonchev–Trinajstić information content (AvgIpc) is 2.76. The Balaban J connectivity index is 2.14. The summed E-state index contributed by atoms with van der Waals surface area (Å²) in [6, 6.07) is -0.605. The highest BCUT2D eigenvalue weighted by atomic mass is 16.5. The summed E-state index contributed by atoms with van der Waals surface area (Å²) < 4.78 is 9.83. The van der Waals surface area contributed by atoms with Crippen molar-refractivity contribution in [2.75, 3.05) is 39.4 Å². The molecular weight excluding hydrogens is 416 g/mol. The lowest BCUT2D eigenvalue weighted by molar-refractivity contribution is -0.139. The quantitative estimate of drug-likeness (QED) is 0.202. The summed E-state index contributed by atoms with van der Waals surface area (Å²) >= 11 is 0. The molecule has 1 fully saturated rings. The molecule has 1 saturated carbocycles. The Bertz CT molecular complexity index is 638. The molecule has 1 aliphatic rings. The molecular formula is C22H36N4O6. The lowest BCUT2D eigenvalue weighted by atomic mass is 9.81. The van der Waals surface area contributed by atoms with Crippen LogP contribution in [0.4, 0.5) is 9.59 Å². The van der Waals surface area contributed by atoms with Gasteiger partial charge in [0.25, 0.3) is 0 Å². The monoisotopic (exact) mass is 452 g/mol. The molecule has 2 atom stereocenters. The maximum Gasteiger partial charge on any atom is 0.333 e. The molecule has 2 unspecified atom stereocenters. The maximum absolute atomic E-state index is 11.9. The molecule has 0 heterocycles. The molecule has 0 saturated heterocycles. The predicted octanol–water partition coefficient (Wildman–Crippen LogP) is 1.63. The molecule has 10 nitrogen and oxygen atoms in total. The van der Waals surface area contributed by atoms with Crippen LogP contribution in [-0.2, 0) is 19.1 Å². The van der Waals surface area contributed by atoms with Crippen LogP contribution in [0, 0.1) is 11.8 Å². The van der Waals surface area contributed by atoms with E-state index < -0.39 is 11.9 Å². The number of carbonyl (C=O) groups is 4. The maximum atomic E-state index is 11.9. The molecule has 1 aliphatic carbocycles. The van der Waals surface area contributed by atoms with Gasteiger partial charge in [-0.2, -0.15) is 0 Å². The van der Waals surface area contributed by atoms with Gasteiger partial charge in [0, 0.05) is 24.2 Å². The average molecular weight is 453 g/mol. The van der Waals surface area contributed by atoms with E-state index in [0.717, 1.165) is 25.7 Å². The fourth-order valence-electron chi connectivity index (χ4n) is 3.24. The van der Waals surface area contributed by atoms with Crippen molar-refractivity contribution in [3.63, 3.8) is 0 Å². The molecule has 0 aliphatic heterocycles. The third kappa shape index (κ3) is 12.0. The fourth-order valence-corrected chi connectivity index (χ4v) is 3.24. The topological polar surface area (TPSA) is 135 Å². The van der Waals surface area contributed by atoms with E-state index in [2.05, 4.69) is 34.4 Å². The van der Waals surface area contributed by atoms with Crippen molar-refractivity contribution < 1.29 is 28.7 Å². The van der Waals surface area contributed by atoms with Gasteiger partial charge in [-0.3, -0.25) is 0 Å². The van der Waals surface area contributed by atoms with E-state index in [4.69, 9.17) is 9.47 Å². The fraction of sp³-hybridized carbons (Fsp3) is 0.636. The molecule has 1 rings (SSSR count). The van der Waals surface area contributed by atoms with Crippen LogP contribution in [0.1, 0.15) is 39.5 Å². The molecule has 180 valence electrons. The highest BCUT2D eigenvalue weighted by molar-refractivity contribution is 5.87. The molecule has 10 heteroatoms. The Kier molecular flexibility index (Phi) is 12.5. The van der Waals surface area contributed by atoms with Gasteiger partial charge >= 0.3 is 24.0 Å². The van der Waals surface area contributed by atoms with Crippen molar-refractivity contribution in [2.45, 2.75) is 39.5 Å². The first kappa shape index (κ1) is 27.0. The molecule has 0 aromatic carbocycles. The van der Waals surface area contributed by atoms with E-state index in [9.17, 15) is 19.2 Å². The van der Waals surface area contributed by atoms with Crippen molar-refractivity contribution in [3.05, 3.63) is 24.3 Å². The summed E-state index contributed by atoms with van der Waals surface area (Å²) in [5, 5.41) is 11.0. The third-order valence-corrected chi connectivity index (χ3v) is 4.93. The second-order valence-corrected chi connectivity index (χ2v) is 8.00. The van der Waals surface area contributed by atoms with Gasteiger partial charge in [-0.05, 0) is 44.9 Å². The van der Waals surface area contributed by atoms with E-state index in [-0.39, 0.29) is 38.4 Å². The van der Waals surface area contributed by atoms with Gasteiger partial charge in [0.2, 0.25) is 0 Å². The zero-order chi connectivity index (χ0) is 23.9. The zero-order valence-corrected chi connectivity index (χ0v) is 19.1. The number of urea groups is 2. The van der Waals surface area contributed by atoms with Crippen LogP contribution < -0.4 is 21.3 Å².